The Balaban J connectivity index is 1.77. The molecule has 1 aromatic heterocycles. The van der Waals surface area contributed by atoms with Crippen molar-refractivity contribution in [2.75, 3.05) is 31.6 Å². The van der Waals surface area contributed by atoms with Gasteiger partial charge in [-0.1, -0.05) is 11.6 Å². The number of aromatic nitrogens is 1. The van der Waals surface area contributed by atoms with Crippen LogP contribution < -0.4 is 4.90 Å². The number of hydrogen-bond acceptors (Lipinski definition) is 3. The Hall–Kier alpha value is -0.800. The van der Waals surface area contributed by atoms with Crippen molar-refractivity contribution in [3.63, 3.8) is 0 Å². The third kappa shape index (κ3) is 1.91. The van der Waals surface area contributed by atoms with Crippen LogP contribution in [0.3, 0.4) is 0 Å². The van der Waals surface area contributed by atoms with Crippen LogP contribution in [0.1, 0.15) is 19.3 Å². The van der Waals surface area contributed by atoms with Crippen LogP contribution in [0, 0.1) is 0 Å². The van der Waals surface area contributed by atoms with Crippen molar-refractivity contribution >= 4 is 17.3 Å². The zero-order valence-corrected chi connectivity index (χ0v) is 11.0. The Morgan fingerprint density at radius 3 is 2.82 bits per heavy atom. The van der Waals surface area contributed by atoms with Crippen LogP contribution in [0.25, 0.3) is 0 Å². The number of rotatable bonds is 1. The predicted octanol–water partition coefficient (Wildman–Crippen LogP) is 2.41. The van der Waals surface area contributed by atoms with E-state index in [1.54, 1.807) is 0 Å². The molecule has 3 rings (SSSR count). The van der Waals surface area contributed by atoms with Gasteiger partial charge in [-0.3, -0.25) is 4.90 Å². The van der Waals surface area contributed by atoms with E-state index in [1.165, 1.54) is 31.5 Å². The largest absolute Gasteiger partial charge is 0.368 e. The Bertz CT molecular complexity index is 406. The van der Waals surface area contributed by atoms with Gasteiger partial charge in [0.05, 0.1) is 11.9 Å². The highest BCUT2D eigenvalue weighted by atomic mass is 35.5. The summed E-state index contributed by atoms with van der Waals surface area (Å²) >= 11 is 5.82. The first-order valence-electron chi connectivity index (χ1n) is 6.27. The zero-order valence-electron chi connectivity index (χ0n) is 10.2. The van der Waals surface area contributed by atoms with Gasteiger partial charge >= 0.3 is 0 Å². The highest BCUT2D eigenvalue weighted by Crippen LogP contribution is 2.38. The number of likely N-dealkylation sites (tertiary alicyclic amines) is 1. The van der Waals surface area contributed by atoms with E-state index in [1.807, 2.05) is 12.3 Å². The molecule has 0 amide bonds. The van der Waals surface area contributed by atoms with Crippen molar-refractivity contribution in [2.24, 2.45) is 0 Å². The summed E-state index contributed by atoms with van der Waals surface area (Å²) in [5.41, 5.74) is 1.62. The summed E-state index contributed by atoms with van der Waals surface area (Å²) in [6.45, 7) is 3.51. The van der Waals surface area contributed by atoms with Gasteiger partial charge in [0.1, 0.15) is 5.15 Å². The first kappa shape index (κ1) is 11.3. The van der Waals surface area contributed by atoms with Gasteiger partial charge in [-0.2, -0.15) is 0 Å². The Morgan fingerprint density at radius 1 is 1.29 bits per heavy atom. The van der Waals surface area contributed by atoms with Gasteiger partial charge in [0.15, 0.2) is 0 Å². The Kier molecular flexibility index (Phi) is 2.75. The lowest BCUT2D eigenvalue weighted by Gasteiger charge is -2.32. The lowest BCUT2D eigenvalue weighted by Crippen LogP contribution is -2.43. The van der Waals surface area contributed by atoms with E-state index in [4.69, 9.17) is 11.6 Å². The predicted molar refractivity (Wildman–Crippen MR) is 70.7 cm³/mol. The number of hydrogen-bond donors (Lipinski definition) is 0. The fraction of sp³-hybridized carbons (Fsp3) is 0.615. The molecular formula is C13H18ClN3. The summed E-state index contributed by atoms with van der Waals surface area (Å²) in [6, 6.07) is 3.95. The molecule has 1 atom stereocenters. The molecule has 2 aliphatic heterocycles. The lowest BCUT2D eigenvalue weighted by atomic mass is 9.96. The molecular weight excluding hydrogens is 234 g/mol. The van der Waals surface area contributed by atoms with Crippen molar-refractivity contribution in [2.45, 2.75) is 24.8 Å². The second-order valence-corrected chi connectivity index (χ2v) is 5.65. The SMILES string of the molecule is CN1CCCC12CCN(c1ccc(Cl)nc1)C2. The van der Waals surface area contributed by atoms with Gasteiger partial charge in [0.25, 0.3) is 0 Å². The summed E-state index contributed by atoms with van der Waals surface area (Å²) in [4.78, 5) is 9.14. The smallest absolute Gasteiger partial charge is 0.129 e. The summed E-state index contributed by atoms with van der Waals surface area (Å²) in [7, 11) is 2.26. The van der Waals surface area contributed by atoms with E-state index in [9.17, 15) is 0 Å². The van der Waals surface area contributed by atoms with Crippen LogP contribution in [-0.2, 0) is 0 Å². The first-order valence-corrected chi connectivity index (χ1v) is 6.65. The molecule has 0 radical (unpaired) electrons. The van der Waals surface area contributed by atoms with Gasteiger partial charge < -0.3 is 4.90 Å². The van der Waals surface area contributed by atoms with Crippen LogP contribution in [-0.4, -0.2) is 42.1 Å². The number of nitrogens with zero attached hydrogens (tertiary/aromatic N) is 3. The minimum atomic E-state index is 0.416. The molecule has 2 saturated heterocycles. The van der Waals surface area contributed by atoms with Crippen LogP contribution in [0.2, 0.25) is 5.15 Å². The standard InChI is InChI=1S/C13H18ClN3/c1-16-7-2-5-13(16)6-8-17(10-13)11-3-4-12(14)15-9-11/h3-4,9H,2,5-8,10H2,1H3. The van der Waals surface area contributed by atoms with Gasteiger partial charge in [-0.25, -0.2) is 4.98 Å². The summed E-state index contributed by atoms with van der Waals surface area (Å²) in [5, 5.41) is 0.570. The van der Waals surface area contributed by atoms with E-state index in [0.717, 1.165) is 13.1 Å². The lowest BCUT2D eigenvalue weighted by molar-refractivity contribution is 0.198. The second kappa shape index (κ2) is 4.14. The normalized spacial score (nSPS) is 29.4. The molecule has 3 heterocycles. The maximum absolute atomic E-state index is 5.82. The summed E-state index contributed by atoms with van der Waals surface area (Å²) in [5.74, 6) is 0. The number of likely N-dealkylation sites (N-methyl/N-ethyl adjacent to an activating group) is 1. The fourth-order valence-electron chi connectivity index (χ4n) is 3.22. The van der Waals surface area contributed by atoms with E-state index >= 15 is 0 Å². The topological polar surface area (TPSA) is 19.4 Å². The van der Waals surface area contributed by atoms with Gasteiger partial charge in [0, 0.05) is 18.6 Å². The van der Waals surface area contributed by atoms with Crippen LogP contribution in [0.5, 0.6) is 0 Å². The monoisotopic (exact) mass is 251 g/mol. The average molecular weight is 252 g/mol. The van der Waals surface area contributed by atoms with Crippen LogP contribution in [0.15, 0.2) is 18.3 Å². The van der Waals surface area contributed by atoms with Crippen molar-refractivity contribution in [1.82, 2.24) is 9.88 Å². The molecule has 1 unspecified atom stereocenters. The molecule has 3 nitrogen and oxygen atoms in total. The average Bonchev–Trinajstić information content (AvgIpc) is 2.90. The molecule has 0 aliphatic carbocycles. The van der Waals surface area contributed by atoms with Gasteiger partial charge in [-0.05, 0) is 45.0 Å². The zero-order chi connectivity index (χ0) is 11.9. The maximum Gasteiger partial charge on any atom is 0.129 e. The van der Waals surface area contributed by atoms with E-state index < -0.39 is 0 Å². The molecule has 2 aliphatic rings. The molecule has 0 saturated carbocycles. The van der Waals surface area contributed by atoms with Gasteiger partial charge in [0.2, 0.25) is 0 Å². The summed E-state index contributed by atoms with van der Waals surface area (Å²) < 4.78 is 0. The number of anilines is 1. The number of halogens is 1. The molecule has 0 bridgehead atoms. The third-order valence-corrected chi connectivity index (χ3v) is 4.58. The minimum Gasteiger partial charge on any atom is -0.368 e. The number of pyridine rings is 1. The molecule has 1 spiro atoms. The highest BCUT2D eigenvalue weighted by molar-refractivity contribution is 6.29. The van der Waals surface area contributed by atoms with Gasteiger partial charge in [-0.15, -0.1) is 0 Å². The first-order chi connectivity index (χ1) is 8.20. The Labute approximate surface area is 107 Å². The highest BCUT2D eigenvalue weighted by Gasteiger charge is 2.44. The van der Waals surface area contributed by atoms with Crippen molar-refractivity contribution in [3.8, 4) is 0 Å². The van der Waals surface area contributed by atoms with Crippen LogP contribution in [0.4, 0.5) is 5.69 Å². The molecule has 0 N–H and O–H groups in total. The van der Waals surface area contributed by atoms with Crippen LogP contribution >= 0.6 is 11.6 Å². The molecule has 2 fully saturated rings. The fourth-order valence-corrected chi connectivity index (χ4v) is 3.33. The molecule has 1 aromatic rings. The maximum atomic E-state index is 5.82. The molecule has 0 aromatic carbocycles. The Morgan fingerprint density at radius 2 is 2.18 bits per heavy atom. The third-order valence-electron chi connectivity index (χ3n) is 4.35. The summed E-state index contributed by atoms with van der Waals surface area (Å²) in [6.07, 6.45) is 5.83. The van der Waals surface area contributed by atoms with Crippen molar-refractivity contribution in [3.05, 3.63) is 23.5 Å². The van der Waals surface area contributed by atoms with E-state index in [0.29, 0.717) is 10.7 Å². The molecule has 17 heavy (non-hydrogen) atoms. The molecule has 4 heteroatoms. The van der Waals surface area contributed by atoms with Crippen molar-refractivity contribution < 1.29 is 0 Å². The quantitative estimate of drug-likeness (QED) is 0.715. The van der Waals surface area contributed by atoms with E-state index in [-0.39, 0.29) is 0 Å². The van der Waals surface area contributed by atoms with E-state index in [2.05, 4.69) is 27.9 Å². The second-order valence-electron chi connectivity index (χ2n) is 5.26. The molecule has 92 valence electrons. The van der Waals surface area contributed by atoms with Crippen molar-refractivity contribution in [1.29, 1.82) is 0 Å². The minimum absolute atomic E-state index is 0.416.